The zero-order valence-electron chi connectivity index (χ0n) is 21.3. The Bertz CT molecular complexity index is 821. The molecule has 1 aromatic rings. The predicted molar refractivity (Wildman–Crippen MR) is 139 cm³/mol. The van der Waals surface area contributed by atoms with Gasteiger partial charge in [0.25, 0.3) is 0 Å². The molecule has 10 heteroatoms. The summed E-state index contributed by atoms with van der Waals surface area (Å²) in [6.45, 7) is 4.05. The summed E-state index contributed by atoms with van der Waals surface area (Å²) in [6, 6.07) is 7.46. The number of amides is 3. The van der Waals surface area contributed by atoms with Gasteiger partial charge in [0, 0.05) is 50.3 Å². The zero-order chi connectivity index (χ0) is 25.8. The van der Waals surface area contributed by atoms with Crippen molar-refractivity contribution >= 4 is 23.7 Å². The molecule has 2 saturated heterocycles. The average molecular weight is 525 g/mol. The number of alkyl carbamates (subject to hydrolysis) is 1. The molecule has 202 valence electrons. The molecule has 0 spiro atoms. The molecule has 0 saturated carbocycles. The number of nitrogens with two attached hydrogens (primary N) is 1. The molecule has 36 heavy (non-hydrogen) atoms. The van der Waals surface area contributed by atoms with Gasteiger partial charge in [0.15, 0.2) is 0 Å². The number of hydrogen-bond donors (Lipinski definition) is 2. The Kier molecular flexibility index (Phi) is 12.1. The lowest BCUT2D eigenvalue weighted by Gasteiger charge is -2.38. The van der Waals surface area contributed by atoms with Gasteiger partial charge in [-0.1, -0.05) is 30.2 Å². The molecule has 1 aromatic carbocycles. The number of benzene rings is 1. The molecule has 2 fully saturated rings. The van der Waals surface area contributed by atoms with Crippen LogP contribution in [-0.2, 0) is 14.2 Å². The summed E-state index contributed by atoms with van der Waals surface area (Å²) in [5.74, 6) is 6.83. The van der Waals surface area contributed by atoms with Gasteiger partial charge in [-0.2, -0.15) is 0 Å². The highest BCUT2D eigenvalue weighted by Gasteiger charge is 2.32. The van der Waals surface area contributed by atoms with E-state index in [4.69, 9.17) is 26.9 Å². The third-order valence-electron chi connectivity index (χ3n) is 6.95. The summed E-state index contributed by atoms with van der Waals surface area (Å²) >= 11 is 6.26. The Labute approximate surface area is 219 Å². The van der Waals surface area contributed by atoms with E-state index < -0.39 is 6.09 Å². The maximum atomic E-state index is 13.1. The van der Waals surface area contributed by atoms with Gasteiger partial charge in [-0.3, -0.25) is 5.01 Å². The fraction of sp³-hybridized carbons (Fsp3) is 0.692. The summed E-state index contributed by atoms with van der Waals surface area (Å²) in [6.07, 6.45) is 6.44. The second-order valence-corrected chi connectivity index (χ2v) is 10.1. The lowest BCUT2D eigenvalue weighted by Crippen LogP contribution is -2.51. The smallest absolute Gasteiger partial charge is 0.406 e. The SMILES string of the molecule is COC(=O)NCCO[C@@H](c1cccc(Cl)c1)C1CCCN(C(=O)N(N)CCCC2CCCCOC2)C1. The quantitative estimate of drug-likeness (QED) is 0.204. The van der Waals surface area contributed by atoms with Crippen molar-refractivity contribution in [3.8, 4) is 0 Å². The first kappa shape index (κ1) is 28.5. The third-order valence-corrected chi connectivity index (χ3v) is 7.18. The van der Waals surface area contributed by atoms with Crippen molar-refractivity contribution in [2.75, 3.05) is 53.1 Å². The Hall–Kier alpha value is -2.07. The monoisotopic (exact) mass is 524 g/mol. The number of nitrogens with one attached hydrogen (secondary N) is 1. The predicted octanol–water partition coefficient (Wildman–Crippen LogP) is 4.36. The lowest BCUT2D eigenvalue weighted by atomic mass is 9.88. The van der Waals surface area contributed by atoms with Crippen LogP contribution in [0, 0.1) is 11.8 Å². The number of methoxy groups -OCH3 is 1. The Balaban J connectivity index is 1.55. The second-order valence-electron chi connectivity index (χ2n) is 9.67. The number of halogens is 1. The first-order chi connectivity index (χ1) is 17.5. The van der Waals surface area contributed by atoms with E-state index in [0.29, 0.717) is 43.7 Å². The van der Waals surface area contributed by atoms with Crippen LogP contribution in [0.5, 0.6) is 0 Å². The van der Waals surface area contributed by atoms with Crippen molar-refractivity contribution in [1.29, 1.82) is 0 Å². The number of urea groups is 1. The fourth-order valence-electron chi connectivity index (χ4n) is 5.06. The van der Waals surface area contributed by atoms with Gasteiger partial charge in [0.05, 0.1) is 19.8 Å². The second kappa shape index (κ2) is 15.2. The standard InChI is InChI=1S/C26H41ClN4O5/c1-34-25(32)29-12-16-36-24(21-9-4-11-23(27)17-21)22-10-6-13-30(18-22)26(33)31(28)14-5-8-20-7-2-3-15-35-19-20/h4,9,11,17,20,22,24H,2-3,5-8,10,12-16,18-19,28H2,1H3,(H,29,32)/t20?,22?,24-/m0/s1. The molecule has 3 rings (SSSR count). The van der Waals surface area contributed by atoms with Crippen LogP contribution in [0.3, 0.4) is 0 Å². The van der Waals surface area contributed by atoms with Crippen LogP contribution in [-0.4, -0.2) is 75.1 Å². The van der Waals surface area contributed by atoms with Crippen LogP contribution in [0.2, 0.25) is 5.02 Å². The molecule has 2 unspecified atom stereocenters. The Morgan fingerprint density at radius 1 is 1.31 bits per heavy atom. The van der Waals surface area contributed by atoms with Crippen LogP contribution >= 0.6 is 11.6 Å². The molecular weight excluding hydrogens is 484 g/mol. The molecule has 0 aromatic heterocycles. The van der Waals surface area contributed by atoms with E-state index in [1.807, 2.05) is 29.2 Å². The molecule has 0 bridgehead atoms. The molecule has 2 aliphatic rings. The number of hydrogen-bond acceptors (Lipinski definition) is 6. The van der Waals surface area contributed by atoms with Crippen LogP contribution in [0.1, 0.15) is 56.6 Å². The fourth-order valence-corrected chi connectivity index (χ4v) is 5.25. The van der Waals surface area contributed by atoms with Gasteiger partial charge in [-0.25, -0.2) is 15.4 Å². The number of rotatable bonds is 10. The molecule has 0 radical (unpaired) electrons. The number of hydrazine groups is 1. The minimum absolute atomic E-state index is 0.0795. The largest absolute Gasteiger partial charge is 0.453 e. The van der Waals surface area contributed by atoms with Gasteiger partial charge < -0.3 is 24.4 Å². The first-order valence-corrected chi connectivity index (χ1v) is 13.4. The molecule has 3 N–H and O–H groups in total. The lowest BCUT2D eigenvalue weighted by molar-refractivity contribution is -0.0107. The highest BCUT2D eigenvalue weighted by molar-refractivity contribution is 6.30. The van der Waals surface area contributed by atoms with E-state index in [1.165, 1.54) is 25.0 Å². The number of likely N-dealkylation sites (tertiary alicyclic amines) is 1. The molecule has 3 amide bonds. The number of carbonyl (C=O) groups excluding carboxylic acids is 2. The van der Waals surface area contributed by atoms with Crippen molar-refractivity contribution in [3.05, 3.63) is 34.9 Å². The number of piperidine rings is 1. The zero-order valence-corrected chi connectivity index (χ0v) is 22.1. The highest BCUT2D eigenvalue weighted by Crippen LogP contribution is 2.34. The summed E-state index contributed by atoms with van der Waals surface area (Å²) in [7, 11) is 1.32. The summed E-state index contributed by atoms with van der Waals surface area (Å²) in [4.78, 5) is 26.3. The van der Waals surface area contributed by atoms with E-state index in [9.17, 15) is 9.59 Å². The minimum atomic E-state index is -0.498. The van der Waals surface area contributed by atoms with Crippen molar-refractivity contribution in [2.45, 2.75) is 51.0 Å². The average Bonchev–Trinajstić information content (AvgIpc) is 3.17. The Morgan fingerprint density at radius 2 is 2.17 bits per heavy atom. The maximum Gasteiger partial charge on any atom is 0.406 e. The van der Waals surface area contributed by atoms with Crippen LogP contribution in [0.4, 0.5) is 9.59 Å². The Morgan fingerprint density at radius 3 is 2.97 bits per heavy atom. The van der Waals surface area contributed by atoms with E-state index in [1.54, 1.807) is 0 Å². The number of nitrogens with zero attached hydrogens (tertiary/aromatic N) is 2. The van der Waals surface area contributed by atoms with Crippen molar-refractivity contribution in [2.24, 2.45) is 17.7 Å². The van der Waals surface area contributed by atoms with Crippen molar-refractivity contribution in [3.63, 3.8) is 0 Å². The molecule has 2 aliphatic heterocycles. The molecular formula is C26H41ClN4O5. The minimum Gasteiger partial charge on any atom is -0.453 e. The number of ether oxygens (including phenoxy) is 3. The van der Waals surface area contributed by atoms with Crippen LogP contribution in [0.25, 0.3) is 0 Å². The topological polar surface area (TPSA) is 106 Å². The van der Waals surface area contributed by atoms with Gasteiger partial charge >= 0.3 is 12.1 Å². The normalized spacial score (nSPS) is 21.4. The van der Waals surface area contributed by atoms with E-state index >= 15 is 0 Å². The van der Waals surface area contributed by atoms with Gasteiger partial charge in [-0.05, 0) is 62.1 Å². The van der Waals surface area contributed by atoms with Gasteiger partial charge in [0.2, 0.25) is 0 Å². The summed E-state index contributed by atoms with van der Waals surface area (Å²) in [5, 5.41) is 4.62. The van der Waals surface area contributed by atoms with Crippen molar-refractivity contribution < 1.29 is 23.8 Å². The van der Waals surface area contributed by atoms with Crippen LogP contribution in [0.15, 0.2) is 24.3 Å². The van der Waals surface area contributed by atoms with E-state index in [2.05, 4.69) is 10.1 Å². The van der Waals surface area contributed by atoms with Crippen molar-refractivity contribution in [1.82, 2.24) is 15.2 Å². The summed E-state index contributed by atoms with van der Waals surface area (Å²) in [5.41, 5.74) is 0.954. The molecule has 9 nitrogen and oxygen atoms in total. The molecule has 0 aliphatic carbocycles. The van der Waals surface area contributed by atoms with Crippen LogP contribution < -0.4 is 11.2 Å². The molecule has 3 atom stereocenters. The summed E-state index contributed by atoms with van der Waals surface area (Å²) < 4.78 is 16.5. The molecule has 2 heterocycles. The number of carbonyl (C=O) groups is 2. The first-order valence-electron chi connectivity index (χ1n) is 13.1. The van der Waals surface area contributed by atoms with Gasteiger partial charge in [-0.15, -0.1) is 0 Å². The third kappa shape index (κ3) is 9.10. The highest BCUT2D eigenvalue weighted by atomic mass is 35.5. The van der Waals surface area contributed by atoms with E-state index in [0.717, 1.165) is 50.9 Å². The van der Waals surface area contributed by atoms with Gasteiger partial charge in [0.1, 0.15) is 0 Å². The van der Waals surface area contributed by atoms with E-state index in [-0.39, 0.29) is 18.1 Å². The maximum absolute atomic E-state index is 13.1.